The van der Waals surface area contributed by atoms with Crippen LogP contribution in [0.2, 0.25) is 0 Å². The molecule has 1 aromatic carbocycles. The Morgan fingerprint density at radius 1 is 1.28 bits per heavy atom. The minimum atomic E-state index is -0.178. The van der Waals surface area contributed by atoms with Gasteiger partial charge in [0.15, 0.2) is 11.5 Å². The molecule has 0 fully saturated rings. The van der Waals surface area contributed by atoms with Crippen LogP contribution < -0.4 is 15.2 Å². The standard InChI is InChI=1S/C14H23NO3/c1-10(2)9-18-13-5-4-11(8-14(13)17-3)12(15)6-7-16/h4-5,8,10,12,16H,6-7,9,15H2,1-3H3. The van der Waals surface area contributed by atoms with Gasteiger partial charge in [-0.3, -0.25) is 0 Å². The Labute approximate surface area is 109 Å². The van der Waals surface area contributed by atoms with E-state index in [4.69, 9.17) is 20.3 Å². The summed E-state index contributed by atoms with van der Waals surface area (Å²) in [6.07, 6.45) is 0.537. The maximum Gasteiger partial charge on any atom is 0.161 e. The molecular weight excluding hydrogens is 230 g/mol. The number of aliphatic hydroxyl groups excluding tert-OH is 1. The van der Waals surface area contributed by atoms with E-state index in [2.05, 4.69) is 13.8 Å². The molecule has 18 heavy (non-hydrogen) atoms. The van der Waals surface area contributed by atoms with Crippen LogP contribution >= 0.6 is 0 Å². The summed E-state index contributed by atoms with van der Waals surface area (Å²) in [4.78, 5) is 0. The van der Waals surface area contributed by atoms with Gasteiger partial charge in [-0.2, -0.15) is 0 Å². The van der Waals surface area contributed by atoms with Gasteiger partial charge in [0.1, 0.15) is 0 Å². The van der Waals surface area contributed by atoms with Gasteiger partial charge in [-0.25, -0.2) is 0 Å². The first-order chi connectivity index (χ1) is 8.58. The Morgan fingerprint density at radius 3 is 2.56 bits per heavy atom. The summed E-state index contributed by atoms with van der Waals surface area (Å²) >= 11 is 0. The number of hydrogen-bond donors (Lipinski definition) is 2. The molecule has 1 atom stereocenters. The first-order valence-electron chi connectivity index (χ1n) is 6.25. The van der Waals surface area contributed by atoms with Crippen LogP contribution in [-0.4, -0.2) is 25.4 Å². The molecule has 1 unspecified atom stereocenters. The first-order valence-corrected chi connectivity index (χ1v) is 6.25. The zero-order chi connectivity index (χ0) is 13.5. The van der Waals surface area contributed by atoms with Crippen LogP contribution in [0.3, 0.4) is 0 Å². The van der Waals surface area contributed by atoms with Gasteiger partial charge in [0.25, 0.3) is 0 Å². The van der Waals surface area contributed by atoms with Gasteiger partial charge in [0, 0.05) is 12.6 Å². The fourth-order valence-electron chi connectivity index (χ4n) is 1.60. The van der Waals surface area contributed by atoms with E-state index in [9.17, 15) is 0 Å². The van der Waals surface area contributed by atoms with Crippen molar-refractivity contribution in [3.8, 4) is 11.5 Å². The van der Waals surface area contributed by atoms with Gasteiger partial charge in [-0.05, 0) is 30.0 Å². The molecule has 0 aliphatic rings. The molecule has 0 radical (unpaired) electrons. The summed E-state index contributed by atoms with van der Waals surface area (Å²) in [6, 6.07) is 5.48. The van der Waals surface area contributed by atoms with Crippen molar-refractivity contribution in [3.63, 3.8) is 0 Å². The highest BCUT2D eigenvalue weighted by Gasteiger charge is 2.11. The fraction of sp³-hybridized carbons (Fsp3) is 0.571. The largest absolute Gasteiger partial charge is 0.493 e. The minimum Gasteiger partial charge on any atom is -0.493 e. The van der Waals surface area contributed by atoms with Crippen LogP contribution in [-0.2, 0) is 0 Å². The quantitative estimate of drug-likeness (QED) is 0.781. The van der Waals surface area contributed by atoms with Crippen LogP contribution in [0.15, 0.2) is 18.2 Å². The van der Waals surface area contributed by atoms with Crippen molar-refractivity contribution in [2.75, 3.05) is 20.3 Å². The van der Waals surface area contributed by atoms with Crippen LogP contribution in [0.5, 0.6) is 11.5 Å². The summed E-state index contributed by atoms with van der Waals surface area (Å²) in [5.41, 5.74) is 6.89. The molecule has 4 nitrogen and oxygen atoms in total. The SMILES string of the molecule is COc1cc(C(N)CCO)ccc1OCC(C)C. The number of rotatable bonds is 7. The normalized spacial score (nSPS) is 12.6. The number of hydrogen-bond acceptors (Lipinski definition) is 4. The lowest BCUT2D eigenvalue weighted by Gasteiger charge is -2.16. The molecule has 3 N–H and O–H groups in total. The minimum absolute atomic E-state index is 0.0785. The van der Waals surface area contributed by atoms with Gasteiger partial charge in [0.05, 0.1) is 13.7 Å². The summed E-state index contributed by atoms with van der Waals surface area (Å²) in [5, 5.41) is 8.89. The topological polar surface area (TPSA) is 64.7 Å². The zero-order valence-corrected chi connectivity index (χ0v) is 11.3. The zero-order valence-electron chi connectivity index (χ0n) is 11.3. The van der Waals surface area contributed by atoms with Crippen molar-refractivity contribution >= 4 is 0 Å². The molecule has 0 aliphatic carbocycles. The summed E-state index contributed by atoms with van der Waals surface area (Å²) in [5.74, 6) is 1.87. The van der Waals surface area contributed by atoms with Crippen LogP contribution in [0.1, 0.15) is 31.9 Å². The van der Waals surface area contributed by atoms with Crippen molar-refractivity contribution in [3.05, 3.63) is 23.8 Å². The summed E-state index contributed by atoms with van der Waals surface area (Å²) < 4.78 is 11.0. The second kappa shape index (κ2) is 7.24. The van der Waals surface area contributed by atoms with Crippen molar-refractivity contribution in [2.24, 2.45) is 11.7 Å². The Bertz CT molecular complexity index is 366. The van der Waals surface area contributed by atoms with Gasteiger partial charge in [-0.1, -0.05) is 19.9 Å². The van der Waals surface area contributed by atoms with Crippen molar-refractivity contribution < 1.29 is 14.6 Å². The average Bonchev–Trinajstić information content (AvgIpc) is 2.36. The molecule has 0 amide bonds. The number of aliphatic hydroxyl groups is 1. The molecular formula is C14H23NO3. The Kier molecular flexibility index (Phi) is 5.95. The lowest BCUT2D eigenvalue weighted by Crippen LogP contribution is -2.12. The van der Waals surface area contributed by atoms with E-state index in [1.165, 1.54) is 0 Å². The monoisotopic (exact) mass is 253 g/mol. The van der Waals surface area contributed by atoms with E-state index in [0.29, 0.717) is 24.7 Å². The fourth-order valence-corrected chi connectivity index (χ4v) is 1.60. The van der Waals surface area contributed by atoms with Gasteiger partial charge in [0.2, 0.25) is 0 Å². The molecule has 0 aliphatic heterocycles. The van der Waals surface area contributed by atoms with Crippen molar-refractivity contribution in [1.82, 2.24) is 0 Å². The van der Waals surface area contributed by atoms with E-state index in [1.807, 2.05) is 18.2 Å². The molecule has 0 saturated heterocycles. The molecule has 0 saturated carbocycles. The lowest BCUT2D eigenvalue weighted by molar-refractivity contribution is 0.256. The Morgan fingerprint density at radius 2 is 2.00 bits per heavy atom. The maximum absolute atomic E-state index is 8.89. The second-order valence-corrected chi connectivity index (χ2v) is 4.73. The molecule has 1 rings (SSSR count). The number of methoxy groups -OCH3 is 1. The third kappa shape index (κ3) is 4.20. The third-order valence-corrected chi connectivity index (χ3v) is 2.63. The van der Waals surface area contributed by atoms with E-state index in [-0.39, 0.29) is 12.6 Å². The number of nitrogens with two attached hydrogens (primary N) is 1. The van der Waals surface area contributed by atoms with Crippen LogP contribution in [0.4, 0.5) is 0 Å². The predicted molar refractivity (Wildman–Crippen MR) is 72.0 cm³/mol. The van der Waals surface area contributed by atoms with E-state index < -0.39 is 0 Å². The highest BCUT2D eigenvalue weighted by atomic mass is 16.5. The smallest absolute Gasteiger partial charge is 0.161 e. The molecule has 0 spiro atoms. The van der Waals surface area contributed by atoms with Crippen LogP contribution in [0, 0.1) is 5.92 Å². The molecule has 4 heteroatoms. The predicted octanol–water partition coefficient (Wildman–Crippen LogP) is 2.11. The summed E-state index contributed by atoms with van der Waals surface area (Å²) in [7, 11) is 1.61. The van der Waals surface area contributed by atoms with Gasteiger partial charge >= 0.3 is 0 Å². The number of ether oxygens (including phenoxy) is 2. The van der Waals surface area contributed by atoms with E-state index in [1.54, 1.807) is 7.11 Å². The molecule has 1 aromatic rings. The van der Waals surface area contributed by atoms with Crippen molar-refractivity contribution in [2.45, 2.75) is 26.3 Å². The molecule has 0 aromatic heterocycles. The maximum atomic E-state index is 8.89. The first kappa shape index (κ1) is 14.8. The third-order valence-electron chi connectivity index (χ3n) is 2.63. The Balaban J connectivity index is 2.82. The van der Waals surface area contributed by atoms with E-state index in [0.717, 1.165) is 11.3 Å². The Hall–Kier alpha value is -1.26. The highest BCUT2D eigenvalue weighted by Crippen LogP contribution is 2.30. The van der Waals surface area contributed by atoms with Crippen LogP contribution in [0.25, 0.3) is 0 Å². The van der Waals surface area contributed by atoms with Gasteiger partial charge < -0.3 is 20.3 Å². The van der Waals surface area contributed by atoms with E-state index >= 15 is 0 Å². The lowest BCUT2D eigenvalue weighted by atomic mass is 10.0. The molecule has 102 valence electrons. The average molecular weight is 253 g/mol. The molecule has 0 bridgehead atoms. The number of benzene rings is 1. The van der Waals surface area contributed by atoms with Gasteiger partial charge in [-0.15, -0.1) is 0 Å². The van der Waals surface area contributed by atoms with Crippen molar-refractivity contribution in [1.29, 1.82) is 0 Å². The second-order valence-electron chi connectivity index (χ2n) is 4.73. The summed E-state index contributed by atoms with van der Waals surface area (Å²) in [6.45, 7) is 4.92. The highest BCUT2D eigenvalue weighted by molar-refractivity contribution is 5.43. The molecule has 0 heterocycles.